The van der Waals surface area contributed by atoms with Crippen LogP contribution in [0, 0.1) is 0 Å². The maximum atomic E-state index is 12.6. The number of benzene rings is 3. The van der Waals surface area contributed by atoms with Crippen LogP contribution in [0.25, 0.3) is 0 Å². The predicted molar refractivity (Wildman–Crippen MR) is 125 cm³/mol. The van der Waals surface area contributed by atoms with Crippen molar-refractivity contribution < 1.29 is 28.7 Å². The molecule has 0 fully saturated rings. The Balaban J connectivity index is 1.41. The standard InChI is InChI=1S/C26H22N2O6/c1-3-33-22-11-7-6-10-21(22)27-23(29)16(2)34-26(32)17-12-14-18(15-13-17)28-24(30)19-8-4-5-9-20(19)25(28)31/h4-16H,3H2,1-2H3,(H,27,29). The van der Waals surface area contributed by atoms with Gasteiger partial charge < -0.3 is 14.8 Å². The third-order valence-electron chi connectivity index (χ3n) is 5.25. The summed E-state index contributed by atoms with van der Waals surface area (Å²) in [6, 6.07) is 19.4. The largest absolute Gasteiger partial charge is 0.492 e. The van der Waals surface area contributed by atoms with E-state index in [4.69, 9.17) is 9.47 Å². The Morgan fingerprint density at radius 1 is 0.882 bits per heavy atom. The number of rotatable bonds is 7. The van der Waals surface area contributed by atoms with Crippen LogP contribution in [-0.2, 0) is 9.53 Å². The van der Waals surface area contributed by atoms with Crippen molar-refractivity contribution in [1.82, 2.24) is 0 Å². The van der Waals surface area contributed by atoms with Gasteiger partial charge in [-0.25, -0.2) is 9.69 Å². The van der Waals surface area contributed by atoms with E-state index < -0.39 is 29.8 Å². The summed E-state index contributed by atoms with van der Waals surface area (Å²) in [5.74, 6) is -1.56. The lowest BCUT2D eigenvalue weighted by Crippen LogP contribution is -2.30. The minimum absolute atomic E-state index is 0.176. The van der Waals surface area contributed by atoms with E-state index in [-0.39, 0.29) is 5.56 Å². The Bertz CT molecular complexity index is 1230. The first kappa shape index (κ1) is 22.7. The molecule has 0 bridgehead atoms. The molecular formula is C26H22N2O6. The van der Waals surface area contributed by atoms with Gasteiger partial charge in [0.15, 0.2) is 6.10 Å². The summed E-state index contributed by atoms with van der Waals surface area (Å²) in [7, 11) is 0. The summed E-state index contributed by atoms with van der Waals surface area (Å²) < 4.78 is 10.8. The number of fused-ring (bicyclic) bond motifs is 1. The van der Waals surface area contributed by atoms with E-state index in [1.54, 1.807) is 48.5 Å². The zero-order valence-electron chi connectivity index (χ0n) is 18.6. The molecule has 0 spiro atoms. The molecule has 1 atom stereocenters. The van der Waals surface area contributed by atoms with Crippen molar-refractivity contribution in [3.63, 3.8) is 0 Å². The summed E-state index contributed by atoms with van der Waals surface area (Å²) in [5.41, 5.74) is 1.65. The Morgan fingerprint density at radius 3 is 2.09 bits per heavy atom. The molecule has 34 heavy (non-hydrogen) atoms. The molecule has 4 rings (SSSR count). The first-order valence-corrected chi connectivity index (χ1v) is 10.7. The van der Waals surface area contributed by atoms with Crippen molar-refractivity contribution in [3.8, 4) is 5.75 Å². The van der Waals surface area contributed by atoms with E-state index in [9.17, 15) is 19.2 Å². The molecule has 0 saturated heterocycles. The van der Waals surface area contributed by atoms with Crippen molar-refractivity contribution in [3.05, 3.63) is 89.5 Å². The van der Waals surface area contributed by atoms with E-state index in [1.165, 1.54) is 31.2 Å². The molecule has 8 nitrogen and oxygen atoms in total. The van der Waals surface area contributed by atoms with Crippen LogP contribution in [0.4, 0.5) is 11.4 Å². The topological polar surface area (TPSA) is 102 Å². The maximum absolute atomic E-state index is 12.6. The molecule has 1 unspecified atom stereocenters. The van der Waals surface area contributed by atoms with E-state index in [0.717, 1.165) is 4.90 Å². The minimum atomic E-state index is -1.07. The number of nitrogens with zero attached hydrogens (tertiary/aromatic N) is 1. The fraction of sp³-hybridized carbons (Fsp3) is 0.154. The summed E-state index contributed by atoms with van der Waals surface area (Å²) in [4.78, 5) is 51.4. The van der Waals surface area contributed by atoms with Gasteiger partial charge in [-0.15, -0.1) is 0 Å². The van der Waals surface area contributed by atoms with Crippen LogP contribution < -0.4 is 15.0 Å². The first-order chi connectivity index (χ1) is 16.4. The molecule has 3 amide bonds. The van der Waals surface area contributed by atoms with Crippen molar-refractivity contribution in [2.75, 3.05) is 16.8 Å². The van der Waals surface area contributed by atoms with Crippen molar-refractivity contribution in [1.29, 1.82) is 0 Å². The molecule has 1 N–H and O–H groups in total. The van der Waals surface area contributed by atoms with Crippen molar-refractivity contribution >= 4 is 35.1 Å². The molecule has 1 heterocycles. The van der Waals surface area contributed by atoms with E-state index in [0.29, 0.717) is 34.9 Å². The van der Waals surface area contributed by atoms with Gasteiger partial charge >= 0.3 is 5.97 Å². The smallest absolute Gasteiger partial charge is 0.338 e. The van der Waals surface area contributed by atoms with Crippen LogP contribution >= 0.6 is 0 Å². The van der Waals surface area contributed by atoms with Gasteiger partial charge in [0.25, 0.3) is 17.7 Å². The lowest BCUT2D eigenvalue weighted by atomic mass is 10.1. The molecular weight excluding hydrogens is 436 g/mol. The van der Waals surface area contributed by atoms with E-state index in [2.05, 4.69) is 5.32 Å². The second-order valence-corrected chi connectivity index (χ2v) is 7.50. The molecule has 0 aromatic heterocycles. The van der Waals surface area contributed by atoms with Gasteiger partial charge in [0.1, 0.15) is 5.75 Å². The fourth-order valence-corrected chi connectivity index (χ4v) is 3.54. The van der Waals surface area contributed by atoms with Gasteiger partial charge in [-0.1, -0.05) is 24.3 Å². The third kappa shape index (κ3) is 4.38. The van der Waals surface area contributed by atoms with Crippen LogP contribution in [-0.4, -0.2) is 36.4 Å². The molecule has 8 heteroatoms. The minimum Gasteiger partial charge on any atom is -0.492 e. The van der Waals surface area contributed by atoms with Crippen LogP contribution in [0.5, 0.6) is 5.75 Å². The first-order valence-electron chi connectivity index (χ1n) is 10.7. The predicted octanol–water partition coefficient (Wildman–Crippen LogP) is 4.07. The summed E-state index contributed by atoms with van der Waals surface area (Å²) in [5, 5.41) is 2.69. The zero-order valence-corrected chi connectivity index (χ0v) is 18.6. The van der Waals surface area contributed by atoms with Crippen molar-refractivity contribution in [2.24, 2.45) is 0 Å². The lowest BCUT2D eigenvalue weighted by Gasteiger charge is -2.16. The maximum Gasteiger partial charge on any atom is 0.338 e. The van der Waals surface area contributed by atoms with Crippen LogP contribution in [0.2, 0.25) is 0 Å². The Labute approximate surface area is 196 Å². The molecule has 3 aromatic carbocycles. The van der Waals surface area contributed by atoms with Gasteiger partial charge in [0.05, 0.1) is 34.7 Å². The number of para-hydroxylation sites is 2. The SMILES string of the molecule is CCOc1ccccc1NC(=O)C(C)OC(=O)c1ccc(N2C(=O)c3ccccc3C2=O)cc1. The lowest BCUT2D eigenvalue weighted by molar-refractivity contribution is -0.123. The number of carbonyl (C=O) groups excluding carboxylic acids is 4. The number of anilines is 2. The summed E-state index contributed by atoms with van der Waals surface area (Å²) in [6.45, 7) is 3.74. The van der Waals surface area contributed by atoms with Gasteiger partial charge in [0, 0.05) is 0 Å². The highest BCUT2D eigenvalue weighted by Crippen LogP contribution is 2.28. The average molecular weight is 458 g/mol. The zero-order chi connectivity index (χ0) is 24.2. The Morgan fingerprint density at radius 2 is 1.47 bits per heavy atom. The monoisotopic (exact) mass is 458 g/mol. The fourth-order valence-electron chi connectivity index (χ4n) is 3.54. The Kier molecular flexibility index (Phi) is 6.40. The number of nitrogens with one attached hydrogen (secondary N) is 1. The molecule has 0 saturated carbocycles. The molecule has 1 aliphatic heterocycles. The molecule has 1 aliphatic rings. The Hall–Kier alpha value is -4.46. The van der Waals surface area contributed by atoms with Gasteiger partial charge in [0.2, 0.25) is 0 Å². The highest BCUT2D eigenvalue weighted by Gasteiger charge is 2.36. The second-order valence-electron chi connectivity index (χ2n) is 7.50. The van der Waals surface area contributed by atoms with Gasteiger partial charge in [-0.05, 0) is 62.4 Å². The molecule has 0 radical (unpaired) electrons. The molecule has 0 aliphatic carbocycles. The molecule has 3 aromatic rings. The second kappa shape index (κ2) is 9.58. The highest BCUT2D eigenvalue weighted by atomic mass is 16.5. The number of amides is 3. The van der Waals surface area contributed by atoms with E-state index in [1.807, 2.05) is 6.92 Å². The van der Waals surface area contributed by atoms with Gasteiger partial charge in [-0.3, -0.25) is 14.4 Å². The van der Waals surface area contributed by atoms with Crippen molar-refractivity contribution in [2.45, 2.75) is 20.0 Å². The number of hydrogen-bond donors (Lipinski definition) is 1. The normalized spacial score (nSPS) is 13.3. The van der Waals surface area contributed by atoms with Gasteiger partial charge in [-0.2, -0.15) is 0 Å². The number of hydrogen-bond acceptors (Lipinski definition) is 6. The summed E-state index contributed by atoms with van der Waals surface area (Å²) in [6.07, 6.45) is -1.07. The average Bonchev–Trinajstić information content (AvgIpc) is 3.10. The van der Waals surface area contributed by atoms with Crippen LogP contribution in [0.1, 0.15) is 44.9 Å². The van der Waals surface area contributed by atoms with Crippen LogP contribution in [0.3, 0.4) is 0 Å². The third-order valence-corrected chi connectivity index (χ3v) is 5.25. The highest BCUT2D eigenvalue weighted by molar-refractivity contribution is 6.34. The quantitative estimate of drug-likeness (QED) is 0.423. The number of esters is 1. The summed E-state index contributed by atoms with van der Waals surface area (Å²) >= 11 is 0. The number of ether oxygens (including phenoxy) is 2. The van der Waals surface area contributed by atoms with E-state index >= 15 is 0 Å². The van der Waals surface area contributed by atoms with Crippen LogP contribution in [0.15, 0.2) is 72.8 Å². The molecule has 172 valence electrons. The number of imide groups is 1. The number of carbonyl (C=O) groups is 4.